The minimum atomic E-state index is -0.000129. The van der Waals surface area contributed by atoms with Crippen LogP contribution in [0.3, 0.4) is 0 Å². The third-order valence-electron chi connectivity index (χ3n) is 2.52. The van der Waals surface area contributed by atoms with Gasteiger partial charge in [-0.25, -0.2) is 10.8 Å². The molecule has 0 aliphatic heterocycles. The summed E-state index contributed by atoms with van der Waals surface area (Å²) in [7, 11) is 0. The fourth-order valence-electron chi connectivity index (χ4n) is 1.85. The lowest BCUT2D eigenvalue weighted by Crippen LogP contribution is -2.50. The van der Waals surface area contributed by atoms with Gasteiger partial charge in [-0.1, -0.05) is 19.3 Å². The van der Waals surface area contributed by atoms with E-state index in [2.05, 4.69) is 36.5 Å². The third kappa shape index (κ3) is 5.02. The SMILES string of the molecule is CC(C)(C)NC(=NC1CCCCC1)NN. The molecule has 1 rings (SSSR count). The molecule has 4 N–H and O–H groups in total. The normalized spacial score (nSPS) is 20.1. The maximum Gasteiger partial charge on any atom is 0.206 e. The Labute approximate surface area is 92.7 Å². The van der Waals surface area contributed by atoms with Gasteiger partial charge in [-0.15, -0.1) is 0 Å². The van der Waals surface area contributed by atoms with Crippen molar-refractivity contribution in [1.82, 2.24) is 10.7 Å². The number of nitrogens with two attached hydrogens (primary N) is 1. The van der Waals surface area contributed by atoms with Crippen LogP contribution in [0.1, 0.15) is 52.9 Å². The zero-order chi connectivity index (χ0) is 11.3. The lowest BCUT2D eigenvalue weighted by atomic mass is 9.96. The number of aliphatic imine (C=N–C) groups is 1. The minimum Gasteiger partial charge on any atom is -0.351 e. The molecule has 0 atom stereocenters. The first-order chi connectivity index (χ1) is 7.01. The lowest BCUT2D eigenvalue weighted by Gasteiger charge is -2.25. The average molecular weight is 212 g/mol. The second-order valence-corrected chi connectivity index (χ2v) is 5.29. The molecule has 0 bridgehead atoms. The quantitative estimate of drug-likeness (QED) is 0.267. The van der Waals surface area contributed by atoms with E-state index in [9.17, 15) is 0 Å². The summed E-state index contributed by atoms with van der Waals surface area (Å²) in [5.41, 5.74) is 2.64. The average Bonchev–Trinajstić information content (AvgIpc) is 2.16. The number of hydrogen-bond donors (Lipinski definition) is 3. The molecule has 1 saturated carbocycles. The van der Waals surface area contributed by atoms with Gasteiger partial charge in [-0.05, 0) is 33.6 Å². The summed E-state index contributed by atoms with van der Waals surface area (Å²) < 4.78 is 0. The standard InChI is InChI=1S/C11H24N4/c1-11(2,3)14-10(15-12)13-9-7-5-4-6-8-9/h9H,4-8,12H2,1-3H3,(H2,13,14,15). The molecule has 0 heterocycles. The van der Waals surface area contributed by atoms with Gasteiger partial charge in [0.15, 0.2) is 0 Å². The highest BCUT2D eigenvalue weighted by atomic mass is 15.3. The number of guanidine groups is 1. The fraction of sp³-hybridized carbons (Fsp3) is 0.909. The van der Waals surface area contributed by atoms with E-state index in [-0.39, 0.29) is 5.54 Å². The van der Waals surface area contributed by atoms with E-state index in [0.717, 1.165) is 5.96 Å². The molecule has 0 saturated heterocycles. The molecule has 1 aliphatic carbocycles. The Balaban J connectivity index is 2.51. The topological polar surface area (TPSA) is 62.4 Å². The minimum absolute atomic E-state index is 0.000129. The maximum absolute atomic E-state index is 5.45. The van der Waals surface area contributed by atoms with E-state index in [1.807, 2.05) is 0 Å². The highest BCUT2D eigenvalue weighted by Gasteiger charge is 2.15. The van der Waals surface area contributed by atoms with E-state index >= 15 is 0 Å². The van der Waals surface area contributed by atoms with E-state index in [1.54, 1.807) is 0 Å². The van der Waals surface area contributed by atoms with Gasteiger partial charge in [0.1, 0.15) is 0 Å². The van der Waals surface area contributed by atoms with Crippen LogP contribution in [0.4, 0.5) is 0 Å². The summed E-state index contributed by atoms with van der Waals surface area (Å²) in [6, 6.07) is 0.444. The highest BCUT2D eigenvalue weighted by molar-refractivity contribution is 5.80. The van der Waals surface area contributed by atoms with Gasteiger partial charge in [0.25, 0.3) is 0 Å². The monoisotopic (exact) mass is 212 g/mol. The zero-order valence-electron chi connectivity index (χ0n) is 10.1. The predicted octanol–water partition coefficient (Wildman–Crippen LogP) is 1.53. The van der Waals surface area contributed by atoms with Crippen molar-refractivity contribution in [3.05, 3.63) is 0 Å². The van der Waals surface area contributed by atoms with Crippen LogP contribution in [0.15, 0.2) is 4.99 Å². The Morgan fingerprint density at radius 2 is 1.80 bits per heavy atom. The van der Waals surface area contributed by atoms with Crippen molar-refractivity contribution in [2.45, 2.75) is 64.5 Å². The van der Waals surface area contributed by atoms with Crippen LogP contribution in [0.2, 0.25) is 0 Å². The number of hydrazine groups is 1. The van der Waals surface area contributed by atoms with Crippen LogP contribution < -0.4 is 16.6 Å². The van der Waals surface area contributed by atoms with E-state index in [0.29, 0.717) is 6.04 Å². The second-order valence-electron chi connectivity index (χ2n) is 5.29. The molecule has 4 nitrogen and oxygen atoms in total. The first-order valence-corrected chi connectivity index (χ1v) is 5.84. The molecule has 0 aromatic carbocycles. The van der Waals surface area contributed by atoms with Gasteiger partial charge >= 0.3 is 0 Å². The molecule has 88 valence electrons. The molecule has 0 unspecified atom stereocenters. The van der Waals surface area contributed by atoms with Gasteiger partial charge in [-0.3, -0.25) is 5.43 Å². The van der Waals surface area contributed by atoms with Gasteiger partial charge in [-0.2, -0.15) is 0 Å². The first-order valence-electron chi connectivity index (χ1n) is 5.84. The summed E-state index contributed by atoms with van der Waals surface area (Å²) in [6.45, 7) is 6.29. The molecule has 0 radical (unpaired) electrons. The molecule has 0 aromatic heterocycles. The number of nitrogens with one attached hydrogen (secondary N) is 2. The first kappa shape index (κ1) is 12.3. The molecular weight excluding hydrogens is 188 g/mol. The molecule has 1 fully saturated rings. The Kier molecular flexibility index (Phi) is 4.39. The number of rotatable bonds is 1. The molecule has 15 heavy (non-hydrogen) atoms. The third-order valence-corrected chi connectivity index (χ3v) is 2.52. The smallest absolute Gasteiger partial charge is 0.206 e. The number of nitrogens with zero attached hydrogens (tertiary/aromatic N) is 1. The molecule has 0 spiro atoms. The molecule has 4 heteroatoms. The Bertz CT molecular complexity index is 211. The van der Waals surface area contributed by atoms with Crippen molar-refractivity contribution in [3.8, 4) is 0 Å². The second kappa shape index (κ2) is 5.35. The van der Waals surface area contributed by atoms with Crippen molar-refractivity contribution in [3.63, 3.8) is 0 Å². The van der Waals surface area contributed by atoms with Gasteiger partial charge in [0.2, 0.25) is 5.96 Å². The lowest BCUT2D eigenvalue weighted by molar-refractivity contribution is 0.435. The Morgan fingerprint density at radius 3 is 2.27 bits per heavy atom. The summed E-state index contributed by atoms with van der Waals surface area (Å²) >= 11 is 0. The van der Waals surface area contributed by atoms with Crippen molar-refractivity contribution in [1.29, 1.82) is 0 Å². The molecule has 1 aliphatic rings. The van der Waals surface area contributed by atoms with Crippen molar-refractivity contribution >= 4 is 5.96 Å². The Hall–Kier alpha value is -0.770. The van der Waals surface area contributed by atoms with Crippen molar-refractivity contribution in [2.24, 2.45) is 10.8 Å². The summed E-state index contributed by atoms with van der Waals surface area (Å²) in [5.74, 6) is 6.17. The zero-order valence-corrected chi connectivity index (χ0v) is 10.1. The van der Waals surface area contributed by atoms with Crippen LogP contribution in [0, 0.1) is 0 Å². The van der Waals surface area contributed by atoms with Crippen molar-refractivity contribution < 1.29 is 0 Å². The summed E-state index contributed by atoms with van der Waals surface area (Å²) in [6.07, 6.45) is 6.32. The van der Waals surface area contributed by atoms with Crippen LogP contribution in [0.25, 0.3) is 0 Å². The van der Waals surface area contributed by atoms with Gasteiger partial charge < -0.3 is 5.32 Å². The fourth-order valence-corrected chi connectivity index (χ4v) is 1.85. The maximum atomic E-state index is 5.45. The summed E-state index contributed by atoms with van der Waals surface area (Å²) in [4.78, 5) is 4.61. The summed E-state index contributed by atoms with van der Waals surface area (Å²) in [5, 5.41) is 3.27. The van der Waals surface area contributed by atoms with E-state index < -0.39 is 0 Å². The number of hydrogen-bond acceptors (Lipinski definition) is 2. The van der Waals surface area contributed by atoms with E-state index in [4.69, 9.17) is 5.84 Å². The molecule has 0 amide bonds. The van der Waals surface area contributed by atoms with Crippen LogP contribution in [-0.2, 0) is 0 Å². The predicted molar refractivity (Wildman–Crippen MR) is 64.5 cm³/mol. The van der Waals surface area contributed by atoms with Crippen LogP contribution in [-0.4, -0.2) is 17.5 Å². The van der Waals surface area contributed by atoms with Crippen molar-refractivity contribution in [2.75, 3.05) is 0 Å². The van der Waals surface area contributed by atoms with Crippen LogP contribution >= 0.6 is 0 Å². The van der Waals surface area contributed by atoms with Crippen LogP contribution in [0.5, 0.6) is 0 Å². The van der Waals surface area contributed by atoms with Gasteiger partial charge in [0, 0.05) is 5.54 Å². The van der Waals surface area contributed by atoms with E-state index in [1.165, 1.54) is 32.1 Å². The highest BCUT2D eigenvalue weighted by Crippen LogP contribution is 2.20. The largest absolute Gasteiger partial charge is 0.351 e. The molecular formula is C11H24N4. The Morgan fingerprint density at radius 1 is 1.20 bits per heavy atom. The molecule has 0 aromatic rings. The van der Waals surface area contributed by atoms with Gasteiger partial charge in [0.05, 0.1) is 6.04 Å².